The molecule has 0 aliphatic carbocycles. The highest BCUT2D eigenvalue weighted by molar-refractivity contribution is 5.28. The zero-order valence-corrected chi connectivity index (χ0v) is 9.61. The van der Waals surface area contributed by atoms with Crippen LogP contribution in [0.3, 0.4) is 0 Å². The largest absolute Gasteiger partial charge is 0.497 e. The molecule has 1 aliphatic heterocycles. The lowest BCUT2D eigenvalue weighted by atomic mass is 10.2. The fourth-order valence-electron chi connectivity index (χ4n) is 1.71. The monoisotopic (exact) mass is 222 g/mol. The van der Waals surface area contributed by atoms with Crippen LogP contribution in [0.2, 0.25) is 0 Å². The molecule has 0 amide bonds. The van der Waals surface area contributed by atoms with E-state index in [0.29, 0.717) is 0 Å². The van der Waals surface area contributed by atoms with E-state index in [4.69, 9.17) is 9.47 Å². The fraction of sp³-hybridized carbons (Fsp3) is 0.500. The van der Waals surface area contributed by atoms with Crippen molar-refractivity contribution in [2.75, 3.05) is 33.4 Å². The Kier molecular flexibility index (Phi) is 4.16. The molecule has 16 heavy (non-hydrogen) atoms. The van der Waals surface area contributed by atoms with Gasteiger partial charge in [-0.2, -0.15) is 0 Å². The molecule has 4 heteroatoms. The fourth-order valence-corrected chi connectivity index (χ4v) is 1.71. The Morgan fingerprint density at radius 1 is 1.38 bits per heavy atom. The average Bonchev–Trinajstić information content (AvgIpc) is 2.38. The number of morpholine rings is 1. The molecule has 0 aromatic heterocycles. The molecular weight excluding hydrogens is 204 g/mol. The second-order valence-corrected chi connectivity index (χ2v) is 3.79. The van der Waals surface area contributed by atoms with Crippen molar-refractivity contribution in [2.24, 2.45) is 0 Å². The molecule has 1 heterocycles. The number of nitrogens with one attached hydrogen (secondary N) is 1. The minimum Gasteiger partial charge on any atom is -0.497 e. The maximum atomic E-state index is 5.29. The molecule has 4 nitrogen and oxygen atoms in total. The summed E-state index contributed by atoms with van der Waals surface area (Å²) in [7, 11) is 1.69. The van der Waals surface area contributed by atoms with E-state index < -0.39 is 0 Å². The first-order chi connectivity index (χ1) is 7.88. The summed E-state index contributed by atoms with van der Waals surface area (Å²) in [6.07, 6.45) is 0. The molecule has 1 N–H and O–H groups in total. The Morgan fingerprint density at radius 3 is 2.94 bits per heavy atom. The van der Waals surface area contributed by atoms with Crippen LogP contribution in [0.15, 0.2) is 24.3 Å². The van der Waals surface area contributed by atoms with E-state index in [-0.39, 0.29) is 0 Å². The van der Waals surface area contributed by atoms with E-state index in [1.165, 1.54) is 5.56 Å². The SMILES string of the molecule is COc1cccc(CNN2CCOCC2)c1. The third-order valence-electron chi connectivity index (χ3n) is 2.65. The van der Waals surface area contributed by atoms with Gasteiger partial charge in [0.25, 0.3) is 0 Å². The van der Waals surface area contributed by atoms with E-state index in [0.717, 1.165) is 38.6 Å². The van der Waals surface area contributed by atoms with Gasteiger partial charge in [-0.05, 0) is 17.7 Å². The number of benzene rings is 1. The van der Waals surface area contributed by atoms with Gasteiger partial charge in [-0.25, -0.2) is 5.01 Å². The first kappa shape index (κ1) is 11.4. The highest BCUT2D eigenvalue weighted by atomic mass is 16.5. The zero-order chi connectivity index (χ0) is 11.2. The molecule has 1 fully saturated rings. The van der Waals surface area contributed by atoms with Crippen LogP contribution < -0.4 is 10.2 Å². The molecule has 0 spiro atoms. The summed E-state index contributed by atoms with van der Waals surface area (Å²) in [5.74, 6) is 0.904. The second kappa shape index (κ2) is 5.84. The van der Waals surface area contributed by atoms with Gasteiger partial charge in [0.15, 0.2) is 0 Å². The second-order valence-electron chi connectivity index (χ2n) is 3.79. The lowest BCUT2D eigenvalue weighted by molar-refractivity contribution is 0.0105. The maximum absolute atomic E-state index is 5.29. The van der Waals surface area contributed by atoms with Gasteiger partial charge in [-0.1, -0.05) is 12.1 Å². The zero-order valence-electron chi connectivity index (χ0n) is 9.61. The van der Waals surface area contributed by atoms with Crippen molar-refractivity contribution in [1.82, 2.24) is 10.4 Å². The van der Waals surface area contributed by atoms with Crippen molar-refractivity contribution in [3.63, 3.8) is 0 Å². The number of methoxy groups -OCH3 is 1. The van der Waals surface area contributed by atoms with E-state index in [1.54, 1.807) is 7.11 Å². The molecule has 0 bridgehead atoms. The minimum absolute atomic E-state index is 0.811. The first-order valence-electron chi connectivity index (χ1n) is 5.57. The van der Waals surface area contributed by atoms with E-state index >= 15 is 0 Å². The van der Waals surface area contributed by atoms with Gasteiger partial charge in [0.1, 0.15) is 5.75 Å². The highest BCUT2D eigenvalue weighted by Gasteiger charge is 2.09. The van der Waals surface area contributed by atoms with Crippen LogP contribution in [0.5, 0.6) is 5.75 Å². The molecule has 0 unspecified atom stereocenters. The van der Waals surface area contributed by atoms with Crippen molar-refractivity contribution in [1.29, 1.82) is 0 Å². The summed E-state index contributed by atoms with van der Waals surface area (Å²) in [5, 5.41) is 2.20. The quantitative estimate of drug-likeness (QED) is 0.825. The Bertz CT molecular complexity index is 325. The molecule has 1 aromatic rings. The molecule has 1 aromatic carbocycles. The van der Waals surface area contributed by atoms with Crippen LogP contribution >= 0.6 is 0 Å². The molecule has 1 saturated heterocycles. The van der Waals surface area contributed by atoms with Crippen LogP contribution in [0.25, 0.3) is 0 Å². The van der Waals surface area contributed by atoms with Crippen LogP contribution in [-0.4, -0.2) is 38.4 Å². The number of hydrogen-bond acceptors (Lipinski definition) is 4. The van der Waals surface area contributed by atoms with Crippen LogP contribution in [0, 0.1) is 0 Å². The van der Waals surface area contributed by atoms with Gasteiger partial charge in [0, 0.05) is 19.6 Å². The normalized spacial score (nSPS) is 17.3. The van der Waals surface area contributed by atoms with E-state index in [2.05, 4.69) is 16.5 Å². The van der Waals surface area contributed by atoms with E-state index in [1.807, 2.05) is 18.2 Å². The molecule has 0 radical (unpaired) electrons. The average molecular weight is 222 g/mol. The van der Waals surface area contributed by atoms with E-state index in [9.17, 15) is 0 Å². The number of ether oxygens (including phenoxy) is 2. The Balaban J connectivity index is 1.83. The smallest absolute Gasteiger partial charge is 0.119 e. The number of rotatable bonds is 4. The molecular formula is C12H18N2O2. The summed E-state index contributed by atoms with van der Waals surface area (Å²) in [6.45, 7) is 4.35. The number of hydrazine groups is 1. The minimum atomic E-state index is 0.811. The summed E-state index contributed by atoms with van der Waals surface area (Å²) >= 11 is 0. The predicted molar refractivity (Wildman–Crippen MR) is 62.2 cm³/mol. The molecule has 88 valence electrons. The molecule has 0 saturated carbocycles. The van der Waals surface area contributed by atoms with Gasteiger partial charge >= 0.3 is 0 Å². The summed E-state index contributed by atoms with van der Waals surface area (Å²) in [4.78, 5) is 0. The van der Waals surface area contributed by atoms with Gasteiger partial charge in [0.2, 0.25) is 0 Å². The molecule has 1 aliphatic rings. The van der Waals surface area contributed by atoms with Crippen LogP contribution in [0.4, 0.5) is 0 Å². The summed E-state index contributed by atoms with van der Waals surface area (Å²) < 4.78 is 10.5. The Morgan fingerprint density at radius 2 is 2.19 bits per heavy atom. The van der Waals surface area contributed by atoms with Gasteiger partial charge in [0.05, 0.1) is 20.3 Å². The molecule has 0 atom stereocenters. The topological polar surface area (TPSA) is 33.7 Å². The van der Waals surface area contributed by atoms with Crippen molar-refractivity contribution in [3.8, 4) is 5.75 Å². The first-order valence-corrected chi connectivity index (χ1v) is 5.57. The molecule has 2 rings (SSSR count). The standard InChI is InChI=1S/C12H18N2O2/c1-15-12-4-2-3-11(9-12)10-13-14-5-7-16-8-6-14/h2-4,9,13H,5-8,10H2,1H3. The van der Waals surface area contributed by atoms with Gasteiger partial charge in [-0.3, -0.25) is 5.43 Å². The summed E-state index contributed by atoms with van der Waals surface area (Å²) in [5.41, 5.74) is 4.61. The van der Waals surface area contributed by atoms with Gasteiger partial charge in [-0.15, -0.1) is 0 Å². The Labute approximate surface area is 96.1 Å². The highest BCUT2D eigenvalue weighted by Crippen LogP contribution is 2.12. The maximum Gasteiger partial charge on any atom is 0.119 e. The van der Waals surface area contributed by atoms with Crippen molar-refractivity contribution in [3.05, 3.63) is 29.8 Å². The number of nitrogens with zero attached hydrogens (tertiary/aromatic N) is 1. The summed E-state index contributed by atoms with van der Waals surface area (Å²) in [6, 6.07) is 8.11. The lowest BCUT2D eigenvalue weighted by Crippen LogP contribution is -2.45. The van der Waals surface area contributed by atoms with Crippen molar-refractivity contribution >= 4 is 0 Å². The van der Waals surface area contributed by atoms with Crippen LogP contribution in [0.1, 0.15) is 5.56 Å². The van der Waals surface area contributed by atoms with Crippen LogP contribution in [-0.2, 0) is 11.3 Å². The van der Waals surface area contributed by atoms with Crippen molar-refractivity contribution in [2.45, 2.75) is 6.54 Å². The third kappa shape index (κ3) is 3.20. The number of hydrogen-bond donors (Lipinski definition) is 1. The lowest BCUT2D eigenvalue weighted by Gasteiger charge is -2.27. The third-order valence-corrected chi connectivity index (χ3v) is 2.65. The van der Waals surface area contributed by atoms with Crippen molar-refractivity contribution < 1.29 is 9.47 Å². The predicted octanol–water partition coefficient (Wildman–Crippen LogP) is 1.03. The Hall–Kier alpha value is -1.10. The van der Waals surface area contributed by atoms with Gasteiger partial charge < -0.3 is 9.47 Å².